The van der Waals surface area contributed by atoms with Crippen LogP contribution in [0.4, 0.5) is 9.59 Å². The second-order valence-corrected chi connectivity index (χ2v) is 17.0. The van der Waals surface area contributed by atoms with Crippen LogP contribution in [0.2, 0.25) is 25.7 Å². The van der Waals surface area contributed by atoms with E-state index in [0.717, 1.165) is 18.9 Å². The zero-order valence-electron chi connectivity index (χ0n) is 18.0. The van der Waals surface area contributed by atoms with Crippen molar-refractivity contribution in [1.29, 1.82) is 0 Å². The van der Waals surface area contributed by atoms with Crippen LogP contribution in [0.1, 0.15) is 47.5 Å². The quantitative estimate of drug-likeness (QED) is 0.693. The van der Waals surface area contributed by atoms with Gasteiger partial charge >= 0.3 is 159 Å². The number of hydrogen-bond acceptors (Lipinski definition) is 4. The fraction of sp³-hybridized carbons (Fsp3) is 0.895. The summed E-state index contributed by atoms with van der Waals surface area (Å²) >= 11 is 0. The fourth-order valence-electron chi connectivity index (χ4n) is 3.21. The summed E-state index contributed by atoms with van der Waals surface area (Å²) in [5.41, 5.74) is -0.964. The van der Waals surface area contributed by atoms with Crippen LogP contribution in [0.15, 0.2) is 0 Å². The summed E-state index contributed by atoms with van der Waals surface area (Å²) in [7, 11) is -1.51. The Kier molecular flexibility index (Phi) is 7.57. The van der Waals surface area contributed by atoms with E-state index in [-0.39, 0.29) is 12.2 Å². The predicted octanol–water partition coefficient (Wildman–Crippen LogP) is 4.21. The Morgan fingerprint density at radius 3 is 2.35 bits per heavy atom. The van der Waals surface area contributed by atoms with Gasteiger partial charge in [-0.1, -0.05) is 0 Å². The van der Waals surface area contributed by atoms with Crippen molar-refractivity contribution in [2.75, 3.05) is 19.7 Å². The van der Waals surface area contributed by atoms with Crippen molar-refractivity contribution in [2.45, 2.75) is 84.3 Å². The average molecular weight is 388 g/mol. The van der Waals surface area contributed by atoms with Crippen LogP contribution in [-0.4, -0.2) is 56.0 Å². The van der Waals surface area contributed by atoms with E-state index in [9.17, 15) is 9.59 Å². The predicted molar refractivity (Wildman–Crippen MR) is 109 cm³/mol. The summed E-state index contributed by atoms with van der Waals surface area (Å²) < 4.78 is 10.9. The number of amides is 2. The summed E-state index contributed by atoms with van der Waals surface area (Å²) in [6, 6.07) is 0.974. The topological polar surface area (TPSA) is 67.9 Å². The van der Waals surface area contributed by atoms with E-state index >= 15 is 0 Å². The maximum atomic E-state index is 12.4. The van der Waals surface area contributed by atoms with Crippen LogP contribution in [0, 0.1) is 5.92 Å². The van der Waals surface area contributed by atoms with E-state index in [4.69, 9.17) is 9.47 Å². The van der Waals surface area contributed by atoms with Gasteiger partial charge in [-0.25, -0.2) is 0 Å². The van der Waals surface area contributed by atoms with E-state index in [1.807, 2.05) is 20.8 Å². The molecule has 0 aromatic heterocycles. The molecule has 1 heterocycles. The molecule has 1 aliphatic heterocycles. The molecule has 1 aliphatic rings. The Bertz CT molecular complexity index is 497. The summed E-state index contributed by atoms with van der Waals surface area (Å²) in [5, 5.41) is 3.07. The number of carbonyl (C=O) groups is 2. The molecule has 0 bridgehead atoms. The van der Waals surface area contributed by atoms with Gasteiger partial charge < -0.3 is 0 Å². The van der Waals surface area contributed by atoms with E-state index in [2.05, 4.69) is 38.8 Å². The summed E-state index contributed by atoms with van der Waals surface area (Å²) in [5.74, 6) is 0.400. The van der Waals surface area contributed by atoms with Gasteiger partial charge in [-0.05, 0) is 0 Å². The monoisotopic (exact) mass is 387 g/mol. The standard InChI is InChI=1S/C19H39N2O4Si/c1-15(2)13-19(20-16(22)24-11-12-26(6,7)8)9-10-21(14-19)17(23)25-18(3,4)5/h15,26H,9-14H2,1-8H3,(H,20,22)/q-1. The van der Waals surface area contributed by atoms with Gasteiger partial charge in [-0.15, -0.1) is 0 Å². The Balaban J connectivity index is 2.68. The van der Waals surface area contributed by atoms with Crippen LogP contribution in [0.3, 0.4) is 0 Å². The maximum absolute atomic E-state index is 12.4. The number of likely N-dealkylation sites (tertiary alicyclic amines) is 1. The molecule has 1 N–H and O–H groups in total. The Morgan fingerprint density at radius 2 is 1.85 bits per heavy atom. The van der Waals surface area contributed by atoms with Crippen molar-refractivity contribution in [2.24, 2.45) is 5.92 Å². The minimum atomic E-state index is -1.51. The molecule has 0 aromatic rings. The van der Waals surface area contributed by atoms with Gasteiger partial charge in [0.2, 0.25) is 0 Å². The van der Waals surface area contributed by atoms with Gasteiger partial charge in [0.15, 0.2) is 0 Å². The molecule has 1 saturated heterocycles. The van der Waals surface area contributed by atoms with Crippen molar-refractivity contribution in [3.63, 3.8) is 0 Å². The SMILES string of the molecule is CC(C)CC1(NC(=O)OCC[SiH-](C)(C)C)CCN(C(=O)OC(C)(C)C)C1. The molecule has 1 atom stereocenters. The number of alkyl carbamates (subject to hydrolysis) is 1. The van der Waals surface area contributed by atoms with Crippen molar-refractivity contribution in [3.05, 3.63) is 0 Å². The second kappa shape index (κ2) is 8.63. The third-order valence-electron chi connectivity index (χ3n) is 4.39. The Labute approximate surface area is 160 Å². The molecule has 1 fully saturated rings. The van der Waals surface area contributed by atoms with Gasteiger partial charge in [0, 0.05) is 0 Å². The second-order valence-electron chi connectivity index (χ2n) is 10.5. The van der Waals surface area contributed by atoms with Crippen molar-refractivity contribution in [3.8, 4) is 0 Å². The number of nitrogens with zero attached hydrogens (tertiary/aromatic N) is 1. The van der Waals surface area contributed by atoms with E-state index in [1.165, 1.54) is 0 Å². The molecule has 0 aliphatic carbocycles. The number of nitrogens with one attached hydrogen (secondary N) is 1. The molecule has 0 spiro atoms. The first kappa shape index (κ1) is 22.8. The van der Waals surface area contributed by atoms with Crippen LogP contribution >= 0.6 is 0 Å². The first-order valence-electron chi connectivity index (χ1n) is 9.93. The molecule has 0 aromatic carbocycles. The third kappa shape index (κ3) is 8.43. The number of hydrogen-bond donors (Lipinski definition) is 1. The van der Waals surface area contributed by atoms with E-state index < -0.39 is 19.2 Å². The molecular weight excluding hydrogens is 348 g/mol. The molecule has 7 heteroatoms. The minimum absolute atomic E-state index is 0.321. The first-order chi connectivity index (χ1) is 11.7. The van der Waals surface area contributed by atoms with Crippen LogP contribution in [0.5, 0.6) is 0 Å². The van der Waals surface area contributed by atoms with Crippen LogP contribution < -0.4 is 5.32 Å². The van der Waals surface area contributed by atoms with Gasteiger partial charge in [-0.3, -0.25) is 0 Å². The summed E-state index contributed by atoms with van der Waals surface area (Å²) in [4.78, 5) is 26.4. The Morgan fingerprint density at radius 1 is 1.23 bits per heavy atom. The van der Waals surface area contributed by atoms with Crippen LogP contribution in [0.25, 0.3) is 0 Å². The molecule has 1 rings (SSSR count). The zero-order chi connectivity index (χ0) is 20.2. The molecule has 154 valence electrons. The fourth-order valence-corrected chi connectivity index (χ4v) is 4.04. The van der Waals surface area contributed by atoms with Gasteiger partial charge in [0.25, 0.3) is 0 Å². The van der Waals surface area contributed by atoms with E-state index in [0.29, 0.717) is 25.6 Å². The van der Waals surface area contributed by atoms with Crippen LogP contribution in [-0.2, 0) is 9.47 Å². The summed E-state index contributed by atoms with van der Waals surface area (Å²) in [6.07, 6.45) is 0.824. The molecule has 0 saturated carbocycles. The summed E-state index contributed by atoms with van der Waals surface area (Å²) in [6.45, 7) is 18.2. The molecule has 1 unspecified atom stereocenters. The molecular formula is C19H39N2O4Si-. The number of carbonyl (C=O) groups excluding carboxylic acids is 2. The van der Waals surface area contributed by atoms with Gasteiger partial charge in [-0.2, -0.15) is 0 Å². The average Bonchev–Trinajstić information content (AvgIpc) is 2.78. The first-order valence-corrected chi connectivity index (χ1v) is 14.2. The van der Waals surface area contributed by atoms with Crippen molar-refractivity contribution < 1.29 is 19.1 Å². The van der Waals surface area contributed by atoms with Gasteiger partial charge in [0.05, 0.1) is 0 Å². The third-order valence-corrected chi connectivity index (χ3v) is 6.36. The molecule has 6 nitrogen and oxygen atoms in total. The molecule has 0 radical (unpaired) electrons. The normalized spacial score (nSPS) is 21.7. The van der Waals surface area contributed by atoms with E-state index in [1.54, 1.807) is 4.90 Å². The molecule has 26 heavy (non-hydrogen) atoms. The zero-order valence-corrected chi connectivity index (χ0v) is 19.1. The van der Waals surface area contributed by atoms with Crippen molar-refractivity contribution >= 4 is 20.3 Å². The number of rotatable bonds is 6. The van der Waals surface area contributed by atoms with Crippen molar-refractivity contribution in [1.82, 2.24) is 10.2 Å². The molecule has 2 amide bonds. The Hall–Kier alpha value is -1.24. The van der Waals surface area contributed by atoms with Gasteiger partial charge in [0.1, 0.15) is 0 Å². The number of ether oxygens (including phenoxy) is 2.